The zero-order valence-electron chi connectivity index (χ0n) is 17.8. The van der Waals surface area contributed by atoms with Crippen molar-refractivity contribution >= 4 is 11.6 Å². The number of amides is 1. The van der Waals surface area contributed by atoms with E-state index in [1.54, 1.807) is 0 Å². The van der Waals surface area contributed by atoms with Crippen LogP contribution in [0.1, 0.15) is 18.5 Å². The topological polar surface area (TPSA) is 46.5 Å². The van der Waals surface area contributed by atoms with Gasteiger partial charge in [0.1, 0.15) is 5.75 Å². The number of morpholine rings is 1. The lowest BCUT2D eigenvalue weighted by Gasteiger charge is -2.39. The maximum atomic E-state index is 13.5. The molecule has 2 aromatic carbocycles. The van der Waals surface area contributed by atoms with Crippen molar-refractivity contribution in [2.24, 2.45) is 0 Å². The lowest BCUT2D eigenvalue weighted by Crippen LogP contribution is -3.16. The van der Waals surface area contributed by atoms with Crippen molar-refractivity contribution in [3.8, 4) is 5.75 Å². The Morgan fingerprint density at radius 3 is 2.37 bits per heavy atom. The number of para-hydroxylation sites is 2. The zero-order chi connectivity index (χ0) is 20.8. The van der Waals surface area contributed by atoms with Gasteiger partial charge in [-0.3, -0.25) is 4.79 Å². The molecule has 0 bridgehead atoms. The van der Waals surface area contributed by atoms with Gasteiger partial charge in [-0.25, -0.2) is 0 Å². The van der Waals surface area contributed by atoms with Crippen molar-refractivity contribution in [2.45, 2.75) is 13.0 Å². The molecule has 30 heavy (non-hydrogen) atoms. The zero-order valence-corrected chi connectivity index (χ0v) is 17.8. The molecule has 160 valence electrons. The minimum atomic E-state index is -0.159. The molecule has 0 aromatic heterocycles. The van der Waals surface area contributed by atoms with Crippen LogP contribution < -0.4 is 14.5 Å². The molecule has 6 nitrogen and oxygen atoms in total. The molecule has 6 heteroatoms. The summed E-state index contributed by atoms with van der Waals surface area (Å²) in [4.78, 5) is 19.2. The Morgan fingerprint density at radius 1 is 1.00 bits per heavy atom. The van der Waals surface area contributed by atoms with Gasteiger partial charge in [0.2, 0.25) is 0 Å². The maximum Gasteiger partial charge on any atom is 0.285 e. The molecule has 1 amide bonds. The Bertz CT molecular complexity index is 815. The molecule has 1 N–H and O–H groups in total. The van der Waals surface area contributed by atoms with Crippen LogP contribution in [0.5, 0.6) is 5.75 Å². The Balaban J connectivity index is 1.50. The molecule has 0 radical (unpaired) electrons. The van der Waals surface area contributed by atoms with Crippen LogP contribution in [0.15, 0.2) is 54.6 Å². The summed E-state index contributed by atoms with van der Waals surface area (Å²) in [6, 6.07) is 18.3. The van der Waals surface area contributed by atoms with Crippen molar-refractivity contribution in [1.82, 2.24) is 4.90 Å². The number of anilines is 1. The Hall–Kier alpha value is -2.57. The lowest BCUT2D eigenvalue weighted by molar-refractivity contribution is -0.923. The third-order valence-electron chi connectivity index (χ3n) is 6.02. The van der Waals surface area contributed by atoms with Crippen LogP contribution in [0.25, 0.3) is 0 Å². The summed E-state index contributed by atoms with van der Waals surface area (Å²) in [5.41, 5.74) is 2.25. The van der Waals surface area contributed by atoms with Crippen LogP contribution in [0.3, 0.4) is 0 Å². The first-order chi connectivity index (χ1) is 14.8. The third-order valence-corrected chi connectivity index (χ3v) is 6.02. The minimum Gasteiger partial charge on any atom is -0.492 e. The fourth-order valence-electron chi connectivity index (χ4n) is 4.48. The van der Waals surface area contributed by atoms with E-state index < -0.39 is 0 Å². The van der Waals surface area contributed by atoms with E-state index in [0.717, 1.165) is 43.2 Å². The second-order valence-electron chi connectivity index (χ2n) is 7.83. The van der Waals surface area contributed by atoms with Gasteiger partial charge in [-0.1, -0.05) is 42.5 Å². The van der Waals surface area contributed by atoms with Gasteiger partial charge in [-0.2, -0.15) is 0 Å². The number of quaternary nitrogens is 1. The fourth-order valence-corrected chi connectivity index (χ4v) is 4.48. The molecule has 2 aliphatic rings. The summed E-state index contributed by atoms with van der Waals surface area (Å²) >= 11 is 0. The molecular weight excluding hydrogens is 378 g/mol. The molecule has 4 rings (SSSR count). The predicted molar refractivity (Wildman–Crippen MR) is 117 cm³/mol. The van der Waals surface area contributed by atoms with Crippen molar-refractivity contribution in [2.75, 3.05) is 64.0 Å². The number of benzene rings is 2. The number of nitrogens with zero attached hydrogens (tertiary/aromatic N) is 2. The van der Waals surface area contributed by atoms with Gasteiger partial charge in [0.25, 0.3) is 5.91 Å². The fraction of sp³-hybridized carbons (Fsp3) is 0.458. The van der Waals surface area contributed by atoms with Gasteiger partial charge in [0.15, 0.2) is 6.04 Å². The molecule has 2 aromatic rings. The average molecular weight is 411 g/mol. The third kappa shape index (κ3) is 4.60. The normalized spacial score (nSPS) is 18.8. The summed E-state index contributed by atoms with van der Waals surface area (Å²) in [6.45, 7) is 8.93. The second kappa shape index (κ2) is 9.96. The number of carbonyl (C=O) groups excluding carboxylic acids is 1. The van der Waals surface area contributed by atoms with E-state index >= 15 is 0 Å². The average Bonchev–Trinajstić information content (AvgIpc) is 2.82. The number of piperazine rings is 1. The molecule has 2 saturated heterocycles. The Kier molecular flexibility index (Phi) is 6.87. The molecule has 2 heterocycles. The predicted octanol–water partition coefficient (Wildman–Crippen LogP) is 1.39. The van der Waals surface area contributed by atoms with Crippen LogP contribution in [-0.4, -0.2) is 69.9 Å². The summed E-state index contributed by atoms with van der Waals surface area (Å²) in [5, 5.41) is 0. The minimum absolute atomic E-state index is 0.159. The monoisotopic (exact) mass is 410 g/mol. The number of ether oxygens (including phenoxy) is 2. The number of nitrogens with one attached hydrogen (secondary N) is 1. The Labute approximate surface area is 179 Å². The second-order valence-corrected chi connectivity index (χ2v) is 7.83. The van der Waals surface area contributed by atoms with Crippen LogP contribution in [0.4, 0.5) is 5.69 Å². The quantitative estimate of drug-likeness (QED) is 0.782. The number of carbonyl (C=O) groups is 1. The van der Waals surface area contributed by atoms with E-state index in [1.165, 1.54) is 4.90 Å². The van der Waals surface area contributed by atoms with Crippen molar-refractivity contribution in [3.63, 3.8) is 0 Å². The van der Waals surface area contributed by atoms with E-state index in [9.17, 15) is 4.79 Å². The van der Waals surface area contributed by atoms with E-state index in [0.29, 0.717) is 32.9 Å². The molecule has 0 saturated carbocycles. The molecule has 1 atom stereocenters. The first kappa shape index (κ1) is 20.7. The first-order valence-corrected chi connectivity index (χ1v) is 11.0. The summed E-state index contributed by atoms with van der Waals surface area (Å²) in [5.74, 6) is 1.16. The first-order valence-electron chi connectivity index (χ1n) is 11.0. The van der Waals surface area contributed by atoms with Gasteiger partial charge in [0.05, 0.1) is 51.7 Å². The van der Waals surface area contributed by atoms with Crippen LogP contribution >= 0.6 is 0 Å². The summed E-state index contributed by atoms with van der Waals surface area (Å²) < 4.78 is 11.3. The van der Waals surface area contributed by atoms with Gasteiger partial charge in [0, 0.05) is 18.7 Å². The molecule has 2 aliphatic heterocycles. The van der Waals surface area contributed by atoms with Crippen molar-refractivity contribution in [3.05, 3.63) is 60.2 Å². The summed E-state index contributed by atoms with van der Waals surface area (Å²) in [7, 11) is 0. The molecule has 2 fully saturated rings. The van der Waals surface area contributed by atoms with Crippen molar-refractivity contribution < 1.29 is 19.2 Å². The maximum absolute atomic E-state index is 13.5. The molecular formula is C24H32N3O3+. The van der Waals surface area contributed by atoms with Gasteiger partial charge in [-0.15, -0.1) is 0 Å². The highest BCUT2D eigenvalue weighted by atomic mass is 16.5. The smallest absolute Gasteiger partial charge is 0.285 e. The van der Waals surface area contributed by atoms with Crippen LogP contribution in [-0.2, 0) is 9.53 Å². The van der Waals surface area contributed by atoms with Gasteiger partial charge >= 0.3 is 0 Å². The molecule has 0 spiro atoms. The molecule has 0 aliphatic carbocycles. The molecule has 0 unspecified atom stereocenters. The highest BCUT2D eigenvalue weighted by Gasteiger charge is 2.37. The highest BCUT2D eigenvalue weighted by molar-refractivity contribution is 5.82. The largest absolute Gasteiger partial charge is 0.492 e. The number of rotatable bonds is 6. The van der Waals surface area contributed by atoms with E-state index in [-0.39, 0.29) is 11.9 Å². The van der Waals surface area contributed by atoms with Crippen LogP contribution in [0.2, 0.25) is 0 Å². The summed E-state index contributed by atoms with van der Waals surface area (Å²) in [6.07, 6.45) is 0. The van der Waals surface area contributed by atoms with E-state index in [4.69, 9.17) is 9.47 Å². The standard InChI is InChI=1S/C24H31N3O3/c1-2-30-22-11-7-6-10-21(22)25-12-14-26(15-13-25)23(20-8-4-3-5-9-20)24(28)27-16-18-29-19-17-27/h3-11,23H,2,12-19H2,1H3/p+1/t23-/m1/s1. The Morgan fingerprint density at radius 2 is 1.67 bits per heavy atom. The van der Waals surface area contributed by atoms with E-state index in [2.05, 4.69) is 29.2 Å². The SMILES string of the molecule is CCOc1ccccc1N1CC[NH+]([C@@H](C(=O)N2CCOCC2)c2ccccc2)CC1. The van der Waals surface area contributed by atoms with Gasteiger partial charge in [-0.05, 0) is 19.1 Å². The number of hydrogen-bond donors (Lipinski definition) is 1. The number of hydrogen-bond acceptors (Lipinski definition) is 4. The van der Waals surface area contributed by atoms with E-state index in [1.807, 2.05) is 42.2 Å². The lowest BCUT2D eigenvalue weighted by atomic mass is 10.0. The van der Waals surface area contributed by atoms with Gasteiger partial charge < -0.3 is 24.2 Å². The van der Waals surface area contributed by atoms with Crippen molar-refractivity contribution in [1.29, 1.82) is 0 Å². The highest BCUT2D eigenvalue weighted by Crippen LogP contribution is 2.28. The van der Waals surface area contributed by atoms with Crippen LogP contribution in [0, 0.1) is 0 Å².